The summed E-state index contributed by atoms with van der Waals surface area (Å²) in [4.78, 5) is 40.4. The van der Waals surface area contributed by atoms with Gasteiger partial charge in [-0.1, -0.05) is 20.8 Å². The van der Waals surface area contributed by atoms with Crippen molar-refractivity contribution in [3.63, 3.8) is 0 Å². The van der Waals surface area contributed by atoms with Crippen molar-refractivity contribution in [2.45, 2.75) is 71.6 Å². The third-order valence-electron chi connectivity index (χ3n) is 5.47. The average Bonchev–Trinajstić information content (AvgIpc) is 3.07. The molecule has 1 amide bonds. The van der Waals surface area contributed by atoms with E-state index in [9.17, 15) is 19.5 Å². The van der Waals surface area contributed by atoms with Gasteiger partial charge in [-0.3, -0.25) is 19.2 Å². The van der Waals surface area contributed by atoms with Crippen molar-refractivity contribution in [1.82, 2.24) is 19.8 Å². The van der Waals surface area contributed by atoms with E-state index in [0.29, 0.717) is 29.9 Å². The van der Waals surface area contributed by atoms with E-state index in [0.717, 1.165) is 13.0 Å². The molecule has 3 N–H and O–H groups in total. The number of aromatic nitrogens is 2. The summed E-state index contributed by atoms with van der Waals surface area (Å²) in [6.45, 7) is 13.2. The summed E-state index contributed by atoms with van der Waals surface area (Å²) in [6, 6.07) is 4.78. The van der Waals surface area contributed by atoms with Crippen LogP contribution in [0.4, 0.5) is 4.79 Å². The van der Waals surface area contributed by atoms with Gasteiger partial charge >= 0.3 is 11.8 Å². The molecule has 9 heteroatoms. The van der Waals surface area contributed by atoms with E-state index in [4.69, 9.17) is 4.74 Å². The van der Waals surface area contributed by atoms with Crippen LogP contribution in [0.15, 0.2) is 34.0 Å². The van der Waals surface area contributed by atoms with E-state index in [-0.39, 0.29) is 17.2 Å². The molecular weight excluding hydrogens is 424 g/mol. The van der Waals surface area contributed by atoms with Gasteiger partial charge in [0.15, 0.2) is 0 Å². The summed E-state index contributed by atoms with van der Waals surface area (Å²) in [5.41, 5.74) is 0.0129. The van der Waals surface area contributed by atoms with E-state index >= 15 is 0 Å². The number of phenols is 1. The highest BCUT2D eigenvalue weighted by Crippen LogP contribution is 2.36. The summed E-state index contributed by atoms with van der Waals surface area (Å²) in [5, 5.41) is 14.0. The Kier molecular flexibility index (Phi) is 6.74. The fourth-order valence-corrected chi connectivity index (χ4v) is 3.94. The monoisotopic (exact) mass is 458 g/mol. The standard InChI is InChI=1S/C24H34N4O5/c1-23(2,3)18-12-17(28-10-8-19(29)26-21(28)31)11-15(20(18)30)13-27-9-7-16(14-27)25-22(32)33-24(4,5)6/h8,10-12,16,30H,7,9,13-14H2,1-6H3,(H,25,32)(H,26,29,31). The molecule has 2 heterocycles. The van der Waals surface area contributed by atoms with Crippen molar-refractivity contribution < 1.29 is 14.6 Å². The molecule has 0 bridgehead atoms. The lowest BCUT2D eigenvalue weighted by molar-refractivity contribution is 0.0505. The summed E-state index contributed by atoms with van der Waals surface area (Å²) in [7, 11) is 0. The number of alkyl carbamates (subject to hydrolysis) is 1. The fraction of sp³-hybridized carbons (Fsp3) is 0.542. The summed E-state index contributed by atoms with van der Waals surface area (Å²) < 4.78 is 6.70. The molecule has 3 rings (SSSR count). The van der Waals surface area contributed by atoms with Crippen molar-refractivity contribution in [3.8, 4) is 11.4 Å². The lowest BCUT2D eigenvalue weighted by Crippen LogP contribution is -2.40. The molecule has 2 aromatic rings. The molecule has 0 aliphatic carbocycles. The van der Waals surface area contributed by atoms with Crippen molar-refractivity contribution in [2.24, 2.45) is 0 Å². The predicted molar refractivity (Wildman–Crippen MR) is 126 cm³/mol. The molecule has 1 aromatic heterocycles. The third-order valence-corrected chi connectivity index (χ3v) is 5.47. The molecule has 9 nitrogen and oxygen atoms in total. The van der Waals surface area contributed by atoms with Crippen LogP contribution in [0.2, 0.25) is 0 Å². The number of ether oxygens (including phenoxy) is 1. The molecule has 1 atom stereocenters. The van der Waals surface area contributed by atoms with E-state index < -0.39 is 22.9 Å². The topological polar surface area (TPSA) is 117 Å². The maximum atomic E-state index is 12.4. The number of nitrogens with zero attached hydrogens (tertiary/aromatic N) is 2. The fourth-order valence-electron chi connectivity index (χ4n) is 3.94. The molecule has 1 aliphatic heterocycles. The molecule has 0 radical (unpaired) electrons. The van der Waals surface area contributed by atoms with Gasteiger partial charge in [0.2, 0.25) is 0 Å². The predicted octanol–water partition coefficient (Wildman–Crippen LogP) is 2.63. The number of likely N-dealkylation sites (tertiary alicyclic amines) is 1. The van der Waals surface area contributed by atoms with Gasteiger partial charge in [0, 0.05) is 49.1 Å². The van der Waals surface area contributed by atoms with Gasteiger partial charge in [0.25, 0.3) is 5.56 Å². The first-order valence-corrected chi connectivity index (χ1v) is 11.1. The number of benzene rings is 1. The van der Waals surface area contributed by atoms with Crippen LogP contribution in [0.25, 0.3) is 5.69 Å². The van der Waals surface area contributed by atoms with E-state index in [1.165, 1.54) is 16.8 Å². The number of carbonyl (C=O) groups is 1. The molecule has 1 saturated heterocycles. The van der Waals surface area contributed by atoms with Gasteiger partial charge in [-0.15, -0.1) is 0 Å². The second-order valence-corrected chi connectivity index (χ2v) is 10.6. The Labute approximate surface area is 193 Å². The zero-order valence-corrected chi connectivity index (χ0v) is 20.2. The highest BCUT2D eigenvalue weighted by atomic mass is 16.6. The second kappa shape index (κ2) is 9.05. The molecule has 180 valence electrons. The van der Waals surface area contributed by atoms with E-state index in [2.05, 4.69) is 15.2 Å². The lowest BCUT2D eigenvalue weighted by atomic mass is 9.84. The van der Waals surface area contributed by atoms with Gasteiger partial charge in [-0.05, 0) is 44.7 Å². The Hall–Kier alpha value is -3.07. The number of nitrogens with one attached hydrogen (secondary N) is 2. The summed E-state index contributed by atoms with van der Waals surface area (Å²) in [6.07, 6.45) is 1.76. The maximum Gasteiger partial charge on any atom is 0.407 e. The van der Waals surface area contributed by atoms with Crippen LogP contribution in [-0.4, -0.2) is 50.4 Å². The number of carbonyl (C=O) groups excluding carboxylic acids is 1. The summed E-state index contributed by atoms with van der Waals surface area (Å²) in [5.74, 6) is 0.187. The van der Waals surface area contributed by atoms with Crippen molar-refractivity contribution in [1.29, 1.82) is 0 Å². The van der Waals surface area contributed by atoms with Crippen LogP contribution in [0.3, 0.4) is 0 Å². The zero-order valence-electron chi connectivity index (χ0n) is 20.2. The van der Waals surface area contributed by atoms with E-state index in [1.807, 2.05) is 41.5 Å². The Morgan fingerprint density at radius 3 is 2.52 bits per heavy atom. The molecule has 1 unspecified atom stereocenters. The van der Waals surface area contributed by atoms with Gasteiger partial charge in [0.05, 0.1) is 5.69 Å². The zero-order chi connectivity index (χ0) is 24.6. The Bertz CT molecular complexity index is 1140. The maximum absolute atomic E-state index is 12.4. The highest BCUT2D eigenvalue weighted by Gasteiger charge is 2.28. The summed E-state index contributed by atoms with van der Waals surface area (Å²) >= 11 is 0. The quantitative estimate of drug-likeness (QED) is 0.649. The molecule has 0 spiro atoms. The van der Waals surface area contributed by atoms with E-state index in [1.54, 1.807) is 12.1 Å². The van der Waals surface area contributed by atoms with Gasteiger partial charge < -0.3 is 15.2 Å². The molecule has 1 aromatic carbocycles. The SMILES string of the molecule is CC(C)(C)OC(=O)NC1CCN(Cc2cc(-n3ccc(=O)[nH]c3=O)cc(C(C)(C)C)c2O)C1. The second-order valence-electron chi connectivity index (χ2n) is 10.6. The number of aromatic hydroxyl groups is 1. The molecule has 1 fully saturated rings. The molecule has 0 saturated carbocycles. The van der Waals surface area contributed by atoms with Crippen LogP contribution in [-0.2, 0) is 16.7 Å². The van der Waals surface area contributed by atoms with Crippen LogP contribution < -0.4 is 16.6 Å². The minimum Gasteiger partial charge on any atom is -0.507 e. The molecule has 33 heavy (non-hydrogen) atoms. The first-order valence-electron chi connectivity index (χ1n) is 11.1. The average molecular weight is 459 g/mol. The van der Waals surface area contributed by atoms with Gasteiger partial charge in [-0.25, -0.2) is 9.59 Å². The van der Waals surface area contributed by atoms with Gasteiger partial charge in [-0.2, -0.15) is 0 Å². The van der Waals surface area contributed by atoms with Crippen LogP contribution in [0, 0.1) is 0 Å². The Morgan fingerprint density at radius 1 is 1.21 bits per heavy atom. The minimum absolute atomic E-state index is 0.0471. The number of H-pyrrole nitrogens is 1. The van der Waals surface area contributed by atoms with Crippen LogP contribution >= 0.6 is 0 Å². The van der Waals surface area contributed by atoms with Crippen LogP contribution in [0.1, 0.15) is 59.1 Å². The largest absolute Gasteiger partial charge is 0.507 e. The minimum atomic E-state index is -0.558. The van der Waals surface area contributed by atoms with Crippen molar-refractivity contribution >= 4 is 6.09 Å². The van der Waals surface area contributed by atoms with Crippen molar-refractivity contribution in [2.75, 3.05) is 13.1 Å². The van der Waals surface area contributed by atoms with Crippen molar-refractivity contribution in [3.05, 3.63) is 56.4 Å². The highest BCUT2D eigenvalue weighted by molar-refractivity contribution is 5.68. The number of hydrogen-bond acceptors (Lipinski definition) is 6. The van der Waals surface area contributed by atoms with Crippen LogP contribution in [0.5, 0.6) is 5.75 Å². The molecule has 1 aliphatic rings. The number of rotatable bonds is 4. The smallest absolute Gasteiger partial charge is 0.407 e. The number of phenolic OH excluding ortho intramolecular Hbond substituents is 1. The Balaban J connectivity index is 1.85. The first-order chi connectivity index (χ1) is 15.2. The number of amides is 1. The Morgan fingerprint density at radius 2 is 1.91 bits per heavy atom. The third kappa shape index (κ3) is 6.25. The number of aromatic amines is 1. The number of hydrogen-bond donors (Lipinski definition) is 3. The molecular formula is C24H34N4O5. The van der Waals surface area contributed by atoms with Gasteiger partial charge in [0.1, 0.15) is 11.4 Å². The normalized spacial score (nSPS) is 17.2. The first kappa shape index (κ1) is 24.6. The lowest BCUT2D eigenvalue weighted by Gasteiger charge is -2.25.